The maximum atomic E-state index is 12.1. The summed E-state index contributed by atoms with van der Waals surface area (Å²) in [5.41, 5.74) is 0.978. The van der Waals surface area contributed by atoms with Gasteiger partial charge in [-0.1, -0.05) is 39.2 Å². The number of hydrogen-bond acceptors (Lipinski definition) is 8. The second-order valence-electron chi connectivity index (χ2n) is 7.22. The molecule has 186 valence electrons. The summed E-state index contributed by atoms with van der Waals surface area (Å²) in [7, 11) is 5.12. The zero-order valence-electron chi connectivity index (χ0n) is 20.9. The molecule has 35 heavy (non-hydrogen) atoms. The fourth-order valence-electron chi connectivity index (χ4n) is 2.67. The van der Waals surface area contributed by atoms with Gasteiger partial charge < -0.3 is 20.9 Å². The molecule has 0 spiro atoms. The smallest absolute Gasteiger partial charge is 0.256 e. The Kier molecular flexibility index (Phi) is 10.9. The molecule has 3 N–H and O–H groups in total. The molecule has 0 bridgehead atoms. The summed E-state index contributed by atoms with van der Waals surface area (Å²) in [6.45, 7) is 4.00. The molecule has 3 aromatic heterocycles. The normalized spacial score (nSPS) is 12.1. The zero-order chi connectivity index (χ0) is 25.6. The van der Waals surface area contributed by atoms with Crippen molar-refractivity contribution in [2.75, 3.05) is 36.7 Å². The van der Waals surface area contributed by atoms with Gasteiger partial charge in [0.1, 0.15) is 23.0 Å². The number of aromatic nitrogens is 4. The van der Waals surface area contributed by atoms with Gasteiger partial charge in [0.05, 0.1) is 11.9 Å². The molecule has 1 aliphatic rings. The number of fused-ring (bicyclic) bond motifs is 1. The highest BCUT2D eigenvalue weighted by Gasteiger charge is 2.16. The predicted molar refractivity (Wildman–Crippen MR) is 141 cm³/mol. The van der Waals surface area contributed by atoms with Gasteiger partial charge in [-0.2, -0.15) is 9.61 Å². The molecule has 10 nitrogen and oxygen atoms in total. The first-order chi connectivity index (χ1) is 17.1. The van der Waals surface area contributed by atoms with E-state index in [1.54, 1.807) is 37.7 Å². The van der Waals surface area contributed by atoms with E-state index in [1.807, 2.05) is 44.0 Å². The van der Waals surface area contributed by atoms with E-state index < -0.39 is 0 Å². The van der Waals surface area contributed by atoms with Crippen molar-refractivity contribution >= 4 is 35.3 Å². The molecular weight excluding hydrogens is 444 g/mol. The minimum Gasteiger partial charge on any atom is -0.373 e. The number of pyridine rings is 1. The summed E-state index contributed by atoms with van der Waals surface area (Å²) in [5, 5.41) is 12.7. The SMILES string of the molecule is C1CC1.CC.CNC(=O)c1cnn2c(NC)cc(N/C(C=O)=C/C=C\N(C)c3ccccn3)nc12. The quantitative estimate of drug-likeness (QED) is 0.254. The largest absolute Gasteiger partial charge is 0.373 e. The van der Waals surface area contributed by atoms with Gasteiger partial charge in [-0.05, 0) is 24.3 Å². The van der Waals surface area contributed by atoms with Gasteiger partial charge in [-0.15, -0.1) is 0 Å². The molecule has 0 aliphatic heterocycles. The monoisotopic (exact) mass is 478 g/mol. The van der Waals surface area contributed by atoms with E-state index in [9.17, 15) is 9.59 Å². The molecule has 4 rings (SSSR count). The first-order valence-electron chi connectivity index (χ1n) is 11.6. The number of nitrogens with zero attached hydrogens (tertiary/aromatic N) is 5. The molecule has 0 unspecified atom stereocenters. The summed E-state index contributed by atoms with van der Waals surface area (Å²) in [5.74, 6) is 1.47. The fourth-order valence-corrected chi connectivity index (χ4v) is 2.67. The Bertz CT molecular complexity index is 1150. The van der Waals surface area contributed by atoms with Crippen LogP contribution in [0.15, 0.2) is 60.7 Å². The summed E-state index contributed by atoms with van der Waals surface area (Å²) < 4.78 is 1.52. The summed E-state index contributed by atoms with van der Waals surface area (Å²) >= 11 is 0. The molecular formula is C25H34N8O2. The van der Waals surface area contributed by atoms with E-state index in [0.29, 0.717) is 34.8 Å². The molecule has 1 fully saturated rings. The Balaban J connectivity index is 0.000000783. The zero-order valence-corrected chi connectivity index (χ0v) is 20.9. The van der Waals surface area contributed by atoms with Crippen molar-refractivity contribution in [1.29, 1.82) is 0 Å². The van der Waals surface area contributed by atoms with Crippen molar-refractivity contribution in [1.82, 2.24) is 24.9 Å². The van der Waals surface area contributed by atoms with E-state index in [2.05, 4.69) is 31.0 Å². The van der Waals surface area contributed by atoms with Crippen LogP contribution in [-0.2, 0) is 4.79 Å². The third kappa shape index (κ3) is 7.95. The number of hydrogen-bond donors (Lipinski definition) is 3. The van der Waals surface area contributed by atoms with Crippen LogP contribution in [-0.4, -0.2) is 52.9 Å². The van der Waals surface area contributed by atoms with Gasteiger partial charge >= 0.3 is 0 Å². The Morgan fingerprint density at radius 3 is 2.49 bits per heavy atom. The third-order valence-corrected chi connectivity index (χ3v) is 4.55. The number of nitrogens with one attached hydrogen (secondary N) is 3. The maximum absolute atomic E-state index is 12.1. The van der Waals surface area contributed by atoms with Crippen LogP contribution in [0, 0.1) is 0 Å². The van der Waals surface area contributed by atoms with Crippen molar-refractivity contribution in [2.24, 2.45) is 0 Å². The average Bonchev–Trinajstić information content (AvgIpc) is 3.74. The Hall–Kier alpha value is -4.21. The van der Waals surface area contributed by atoms with Gasteiger partial charge in [0.2, 0.25) is 0 Å². The number of anilines is 3. The van der Waals surface area contributed by atoms with Crippen LogP contribution in [0.2, 0.25) is 0 Å². The van der Waals surface area contributed by atoms with Gasteiger partial charge in [0, 0.05) is 39.6 Å². The maximum Gasteiger partial charge on any atom is 0.256 e. The minimum absolute atomic E-state index is 0.292. The van der Waals surface area contributed by atoms with E-state index in [0.717, 1.165) is 5.82 Å². The number of carbonyl (C=O) groups is 2. The Morgan fingerprint density at radius 1 is 1.17 bits per heavy atom. The first-order valence-corrected chi connectivity index (χ1v) is 11.6. The van der Waals surface area contributed by atoms with Crippen LogP contribution in [0.25, 0.3) is 5.65 Å². The van der Waals surface area contributed by atoms with Crippen LogP contribution in [0.1, 0.15) is 43.5 Å². The fraction of sp³-hybridized carbons (Fsp3) is 0.320. The van der Waals surface area contributed by atoms with E-state index in [4.69, 9.17) is 0 Å². The summed E-state index contributed by atoms with van der Waals surface area (Å²) in [6.07, 6.45) is 13.5. The molecule has 0 aromatic carbocycles. The van der Waals surface area contributed by atoms with Crippen LogP contribution >= 0.6 is 0 Å². The van der Waals surface area contributed by atoms with Gasteiger partial charge in [-0.3, -0.25) is 9.59 Å². The molecule has 10 heteroatoms. The van der Waals surface area contributed by atoms with Gasteiger partial charge in [-0.25, -0.2) is 9.97 Å². The lowest BCUT2D eigenvalue weighted by atomic mass is 10.3. The first kappa shape index (κ1) is 27.0. The van der Waals surface area contributed by atoms with Crippen LogP contribution < -0.4 is 20.9 Å². The van der Waals surface area contributed by atoms with Crippen molar-refractivity contribution in [3.8, 4) is 0 Å². The Labute approximate surface area is 206 Å². The van der Waals surface area contributed by atoms with E-state index in [-0.39, 0.29) is 5.91 Å². The summed E-state index contributed by atoms with van der Waals surface area (Å²) in [4.78, 5) is 34.1. The van der Waals surface area contributed by atoms with Crippen LogP contribution in [0.3, 0.4) is 0 Å². The third-order valence-electron chi connectivity index (χ3n) is 4.55. The summed E-state index contributed by atoms with van der Waals surface area (Å²) in [6, 6.07) is 7.30. The van der Waals surface area contributed by atoms with E-state index in [1.165, 1.54) is 37.0 Å². The molecule has 0 radical (unpaired) electrons. The average molecular weight is 479 g/mol. The number of allylic oxidation sites excluding steroid dienone is 3. The number of carbonyl (C=O) groups excluding carboxylic acids is 2. The van der Waals surface area contributed by atoms with Gasteiger partial charge in [0.25, 0.3) is 5.91 Å². The molecule has 3 aromatic rings. The van der Waals surface area contributed by atoms with Crippen molar-refractivity contribution < 1.29 is 9.59 Å². The highest BCUT2D eigenvalue weighted by Crippen LogP contribution is 2.19. The molecule has 1 amide bonds. The lowest BCUT2D eigenvalue weighted by Crippen LogP contribution is -2.18. The molecule has 0 saturated heterocycles. The minimum atomic E-state index is -0.302. The lowest BCUT2D eigenvalue weighted by Gasteiger charge is -2.12. The topological polar surface area (TPSA) is 117 Å². The predicted octanol–water partition coefficient (Wildman–Crippen LogP) is 3.87. The molecule has 1 saturated carbocycles. The van der Waals surface area contributed by atoms with Crippen molar-refractivity contribution in [2.45, 2.75) is 33.1 Å². The highest BCUT2D eigenvalue weighted by molar-refractivity contribution is 6.00. The number of aldehydes is 1. The number of rotatable bonds is 8. The molecule has 1 aliphatic carbocycles. The standard InChI is InChI=1S/C20H22N8O2.C3H6.C2H6/c1-21-18-11-16(26-19-15(20(30)22-2)12-24-28(18)19)25-14(13-29)7-6-10-27(3)17-8-4-5-9-23-17;1-2-3-1;1-2/h4-13,21H,1-3H3,(H,22,30)(H,25,26);1-3H2;1-2H3/b10-6-,14-7+;;. The second kappa shape index (κ2) is 14.1. The van der Waals surface area contributed by atoms with Crippen molar-refractivity contribution in [3.05, 3.63) is 66.3 Å². The second-order valence-corrected chi connectivity index (χ2v) is 7.22. The molecule has 3 heterocycles. The van der Waals surface area contributed by atoms with Crippen LogP contribution in [0.4, 0.5) is 17.5 Å². The Morgan fingerprint density at radius 2 is 1.91 bits per heavy atom. The van der Waals surface area contributed by atoms with Gasteiger partial charge in [0.15, 0.2) is 11.9 Å². The molecule has 0 atom stereocenters. The highest BCUT2D eigenvalue weighted by atomic mass is 16.1. The number of amides is 1. The van der Waals surface area contributed by atoms with Crippen molar-refractivity contribution in [3.63, 3.8) is 0 Å². The van der Waals surface area contributed by atoms with Crippen LogP contribution in [0.5, 0.6) is 0 Å². The van der Waals surface area contributed by atoms with E-state index >= 15 is 0 Å². The lowest BCUT2D eigenvalue weighted by molar-refractivity contribution is -0.104.